The average molecular weight is 172 g/mol. The molecule has 3 heteroatoms. The second-order valence-electron chi connectivity index (χ2n) is 3.77. The van der Waals surface area contributed by atoms with E-state index < -0.39 is 0 Å². The quantitative estimate of drug-likeness (QED) is 0.657. The van der Waals surface area contributed by atoms with Crippen molar-refractivity contribution in [1.82, 2.24) is 4.90 Å². The van der Waals surface area contributed by atoms with Gasteiger partial charge in [-0.2, -0.15) is 0 Å². The van der Waals surface area contributed by atoms with E-state index >= 15 is 0 Å². The van der Waals surface area contributed by atoms with E-state index in [1.165, 1.54) is 0 Å². The van der Waals surface area contributed by atoms with Crippen molar-refractivity contribution in [2.45, 2.75) is 32.4 Å². The molecule has 2 atom stereocenters. The van der Waals surface area contributed by atoms with Crippen molar-refractivity contribution in [3.63, 3.8) is 0 Å². The first-order valence-corrected chi connectivity index (χ1v) is 4.78. The van der Waals surface area contributed by atoms with Gasteiger partial charge in [0.05, 0.1) is 6.10 Å². The van der Waals surface area contributed by atoms with E-state index in [2.05, 4.69) is 18.7 Å². The number of ether oxygens (including phenoxy) is 1. The van der Waals surface area contributed by atoms with E-state index in [9.17, 15) is 0 Å². The zero-order valence-electron chi connectivity index (χ0n) is 8.12. The maximum Gasteiger partial charge on any atom is 0.0673 e. The second-order valence-corrected chi connectivity index (χ2v) is 3.77. The third kappa shape index (κ3) is 3.52. The highest BCUT2D eigenvalue weighted by Crippen LogP contribution is 2.04. The number of nitrogens with zero attached hydrogens (tertiary/aromatic N) is 1. The molecule has 1 aliphatic heterocycles. The van der Waals surface area contributed by atoms with E-state index in [1.54, 1.807) is 0 Å². The van der Waals surface area contributed by atoms with Crippen LogP contribution >= 0.6 is 0 Å². The smallest absolute Gasteiger partial charge is 0.0673 e. The Morgan fingerprint density at radius 1 is 1.67 bits per heavy atom. The van der Waals surface area contributed by atoms with Gasteiger partial charge in [-0.3, -0.25) is 4.90 Å². The summed E-state index contributed by atoms with van der Waals surface area (Å²) in [4.78, 5) is 2.39. The van der Waals surface area contributed by atoms with Crippen molar-refractivity contribution in [2.75, 3.05) is 26.2 Å². The maximum absolute atomic E-state index is 5.74. The summed E-state index contributed by atoms with van der Waals surface area (Å²) < 4.78 is 5.53. The number of hydrogen-bond acceptors (Lipinski definition) is 3. The summed E-state index contributed by atoms with van der Waals surface area (Å²) in [7, 11) is 0. The summed E-state index contributed by atoms with van der Waals surface area (Å²) in [6.07, 6.45) is 1.50. The van der Waals surface area contributed by atoms with Crippen molar-refractivity contribution in [2.24, 2.45) is 5.73 Å². The van der Waals surface area contributed by atoms with Crippen LogP contribution < -0.4 is 5.73 Å². The highest BCUT2D eigenvalue weighted by atomic mass is 16.5. The molecule has 72 valence electrons. The molecule has 0 saturated carbocycles. The fourth-order valence-electron chi connectivity index (χ4n) is 1.65. The SMILES string of the molecule is CC(N)CN1CCCOC(C)C1. The minimum Gasteiger partial charge on any atom is -0.377 e. The van der Waals surface area contributed by atoms with Crippen LogP contribution in [0.3, 0.4) is 0 Å². The molecule has 0 spiro atoms. The molecule has 0 bridgehead atoms. The van der Waals surface area contributed by atoms with Gasteiger partial charge in [-0.25, -0.2) is 0 Å². The lowest BCUT2D eigenvalue weighted by molar-refractivity contribution is 0.0672. The minimum absolute atomic E-state index is 0.273. The lowest BCUT2D eigenvalue weighted by atomic mass is 10.3. The topological polar surface area (TPSA) is 38.5 Å². The normalized spacial score (nSPS) is 29.8. The van der Waals surface area contributed by atoms with Crippen molar-refractivity contribution < 1.29 is 4.74 Å². The Hall–Kier alpha value is -0.120. The molecule has 0 aliphatic carbocycles. The van der Waals surface area contributed by atoms with Gasteiger partial charge in [0.2, 0.25) is 0 Å². The number of rotatable bonds is 2. The maximum atomic E-state index is 5.74. The average Bonchev–Trinajstić information content (AvgIpc) is 2.12. The third-order valence-corrected chi connectivity index (χ3v) is 2.08. The summed E-state index contributed by atoms with van der Waals surface area (Å²) >= 11 is 0. The Kier molecular flexibility index (Phi) is 3.98. The van der Waals surface area contributed by atoms with Crippen LogP contribution in [-0.2, 0) is 4.74 Å². The largest absolute Gasteiger partial charge is 0.377 e. The predicted molar refractivity (Wildman–Crippen MR) is 50.1 cm³/mol. The molecule has 1 heterocycles. The van der Waals surface area contributed by atoms with Gasteiger partial charge in [-0.15, -0.1) is 0 Å². The van der Waals surface area contributed by atoms with E-state index in [-0.39, 0.29) is 6.04 Å². The van der Waals surface area contributed by atoms with Crippen molar-refractivity contribution in [3.05, 3.63) is 0 Å². The van der Waals surface area contributed by atoms with Crippen molar-refractivity contribution >= 4 is 0 Å². The van der Waals surface area contributed by atoms with Gasteiger partial charge >= 0.3 is 0 Å². The molecule has 1 fully saturated rings. The first kappa shape index (κ1) is 9.96. The molecule has 1 aliphatic rings. The van der Waals surface area contributed by atoms with Crippen LogP contribution in [0.1, 0.15) is 20.3 Å². The molecule has 0 radical (unpaired) electrons. The van der Waals surface area contributed by atoms with Crippen molar-refractivity contribution in [3.8, 4) is 0 Å². The van der Waals surface area contributed by atoms with Gasteiger partial charge in [-0.1, -0.05) is 0 Å². The molecule has 3 nitrogen and oxygen atoms in total. The minimum atomic E-state index is 0.273. The molecule has 0 aromatic heterocycles. The molecule has 0 amide bonds. The summed E-state index contributed by atoms with van der Waals surface area (Å²) in [6.45, 7) is 8.23. The van der Waals surface area contributed by atoms with Crippen LogP contribution in [0.4, 0.5) is 0 Å². The highest BCUT2D eigenvalue weighted by molar-refractivity contribution is 4.69. The standard InChI is InChI=1S/C9H20N2O/c1-8(10)6-11-4-3-5-12-9(2)7-11/h8-9H,3-7,10H2,1-2H3. The van der Waals surface area contributed by atoms with Crippen LogP contribution in [0.2, 0.25) is 0 Å². The molecule has 12 heavy (non-hydrogen) atoms. The monoisotopic (exact) mass is 172 g/mol. The molecule has 2 N–H and O–H groups in total. The van der Waals surface area contributed by atoms with E-state index in [4.69, 9.17) is 10.5 Å². The van der Waals surface area contributed by atoms with E-state index in [1.807, 2.05) is 0 Å². The van der Waals surface area contributed by atoms with Crippen LogP contribution in [0.5, 0.6) is 0 Å². The summed E-state index contributed by atoms with van der Waals surface area (Å²) in [6, 6.07) is 0.273. The summed E-state index contributed by atoms with van der Waals surface area (Å²) in [5, 5.41) is 0. The van der Waals surface area contributed by atoms with E-state index in [0.717, 1.165) is 32.7 Å². The Morgan fingerprint density at radius 2 is 2.42 bits per heavy atom. The van der Waals surface area contributed by atoms with Crippen LogP contribution in [0.25, 0.3) is 0 Å². The first-order valence-electron chi connectivity index (χ1n) is 4.78. The van der Waals surface area contributed by atoms with Gasteiger partial charge in [-0.05, 0) is 20.3 Å². The van der Waals surface area contributed by atoms with Gasteiger partial charge in [0.15, 0.2) is 0 Å². The summed E-state index contributed by atoms with van der Waals surface area (Å²) in [5.74, 6) is 0. The number of nitrogens with two attached hydrogens (primary N) is 1. The molecular formula is C9H20N2O. The molecule has 0 aromatic rings. The summed E-state index contributed by atoms with van der Waals surface area (Å²) in [5.41, 5.74) is 5.74. The van der Waals surface area contributed by atoms with Gasteiger partial charge in [0, 0.05) is 32.3 Å². The molecule has 2 unspecified atom stereocenters. The van der Waals surface area contributed by atoms with E-state index in [0.29, 0.717) is 6.10 Å². The predicted octanol–water partition coefficient (Wildman–Crippen LogP) is 0.444. The van der Waals surface area contributed by atoms with Gasteiger partial charge in [0.1, 0.15) is 0 Å². The zero-order valence-corrected chi connectivity index (χ0v) is 8.12. The second kappa shape index (κ2) is 4.80. The van der Waals surface area contributed by atoms with Crippen molar-refractivity contribution in [1.29, 1.82) is 0 Å². The Morgan fingerprint density at radius 3 is 3.08 bits per heavy atom. The Labute approximate surface area is 74.9 Å². The third-order valence-electron chi connectivity index (χ3n) is 2.08. The lowest BCUT2D eigenvalue weighted by Crippen LogP contribution is -2.38. The lowest BCUT2D eigenvalue weighted by Gasteiger charge is -2.23. The molecular weight excluding hydrogens is 152 g/mol. The van der Waals surface area contributed by atoms with Crippen LogP contribution in [-0.4, -0.2) is 43.3 Å². The zero-order chi connectivity index (χ0) is 8.97. The fraction of sp³-hybridized carbons (Fsp3) is 1.00. The fourth-order valence-corrected chi connectivity index (χ4v) is 1.65. The molecule has 1 saturated heterocycles. The van der Waals surface area contributed by atoms with Crippen LogP contribution in [0, 0.1) is 0 Å². The highest BCUT2D eigenvalue weighted by Gasteiger charge is 2.15. The first-order chi connectivity index (χ1) is 5.68. The Bertz CT molecular complexity index is 128. The Balaban J connectivity index is 2.31. The molecule has 0 aromatic carbocycles. The number of hydrogen-bond donors (Lipinski definition) is 1. The molecule has 1 rings (SSSR count). The van der Waals surface area contributed by atoms with Gasteiger partial charge < -0.3 is 10.5 Å². The van der Waals surface area contributed by atoms with Crippen LogP contribution in [0.15, 0.2) is 0 Å². The van der Waals surface area contributed by atoms with Gasteiger partial charge in [0.25, 0.3) is 0 Å².